The molecule has 8 heteroatoms. The number of amides is 1. The van der Waals surface area contributed by atoms with Gasteiger partial charge in [-0.15, -0.1) is 0 Å². The lowest BCUT2D eigenvalue weighted by molar-refractivity contribution is -0.148. The Morgan fingerprint density at radius 1 is 1.16 bits per heavy atom. The third-order valence-electron chi connectivity index (χ3n) is 4.37. The number of nitrogens with zero attached hydrogens (tertiary/aromatic N) is 3. The average Bonchev–Trinajstić information content (AvgIpc) is 2.97. The summed E-state index contributed by atoms with van der Waals surface area (Å²) in [5.41, 5.74) is 1.72. The van der Waals surface area contributed by atoms with Crippen LogP contribution in [0.1, 0.15) is 39.0 Å². The van der Waals surface area contributed by atoms with Crippen LogP contribution in [0.3, 0.4) is 0 Å². The maximum atomic E-state index is 13.1. The van der Waals surface area contributed by atoms with E-state index in [0.717, 1.165) is 0 Å². The number of hydrogen-bond acceptors (Lipinski definition) is 4. The molecule has 1 heterocycles. The second-order valence-corrected chi connectivity index (χ2v) is 8.56. The zero-order valence-corrected chi connectivity index (χ0v) is 19.3. The van der Waals surface area contributed by atoms with E-state index in [2.05, 4.69) is 5.10 Å². The van der Waals surface area contributed by atoms with Crippen LogP contribution in [-0.4, -0.2) is 46.3 Å². The highest BCUT2D eigenvalue weighted by atomic mass is 35.5. The molecule has 2 aromatic rings. The van der Waals surface area contributed by atoms with Gasteiger partial charge in [-0.25, -0.2) is 13.9 Å². The molecule has 0 bridgehead atoms. The molecule has 0 aliphatic heterocycles. The van der Waals surface area contributed by atoms with Crippen LogP contribution >= 0.6 is 11.6 Å². The molecule has 0 fully saturated rings. The molecule has 1 aromatic carbocycles. The molecule has 0 saturated heterocycles. The lowest BCUT2D eigenvalue weighted by Gasteiger charge is -2.26. The summed E-state index contributed by atoms with van der Waals surface area (Å²) in [5, 5.41) is 4.62. The Bertz CT molecular complexity index is 926. The fourth-order valence-electron chi connectivity index (χ4n) is 3.04. The summed E-state index contributed by atoms with van der Waals surface area (Å²) in [6.07, 6.45) is 2.71. The van der Waals surface area contributed by atoms with Crippen molar-refractivity contribution in [3.63, 3.8) is 0 Å². The van der Waals surface area contributed by atoms with Gasteiger partial charge >= 0.3 is 5.97 Å². The molecular weight excluding hydrogens is 421 g/mol. The Morgan fingerprint density at radius 3 is 2.29 bits per heavy atom. The van der Waals surface area contributed by atoms with Gasteiger partial charge in [0.25, 0.3) is 5.91 Å². The first-order chi connectivity index (χ1) is 14.6. The molecule has 1 amide bonds. The Kier molecular flexibility index (Phi) is 8.80. The monoisotopic (exact) mass is 449 g/mol. The van der Waals surface area contributed by atoms with E-state index in [0.29, 0.717) is 41.9 Å². The molecule has 0 atom stereocenters. The van der Waals surface area contributed by atoms with Gasteiger partial charge in [0.15, 0.2) is 6.61 Å². The molecule has 2 rings (SSSR count). The number of ether oxygens (including phenoxy) is 1. The number of benzene rings is 1. The van der Waals surface area contributed by atoms with Gasteiger partial charge in [0.2, 0.25) is 0 Å². The number of aromatic nitrogens is 2. The Morgan fingerprint density at radius 2 is 1.74 bits per heavy atom. The van der Waals surface area contributed by atoms with Crippen molar-refractivity contribution < 1.29 is 18.7 Å². The van der Waals surface area contributed by atoms with Gasteiger partial charge in [-0.2, -0.15) is 5.10 Å². The smallest absolute Gasteiger partial charge is 0.331 e. The minimum atomic E-state index is -0.646. The van der Waals surface area contributed by atoms with Crippen molar-refractivity contribution in [3.8, 4) is 5.69 Å². The molecule has 0 spiro atoms. The van der Waals surface area contributed by atoms with E-state index < -0.39 is 5.97 Å². The molecule has 31 heavy (non-hydrogen) atoms. The van der Waals surface area contributed by atoms with E-state index in [9.17, 15) is 14.0 Å². The topological polar surface area (TPSA) is 64.4 Å². The number of hydrogen-bond donors (Lipinski definition) is 0. The highest BCUT2D eigenvalue weighted by Crippen LogP contribution is 2.24. The summed E-state index contributed by atoms with van der Waals surface area (Å²) >= 11 is 6.40. The largest absolute Gasteiger partial charge is 0.452 e. The van der Waals surface area contributed by atoms with Crippen LogP contribution in [-0.2, 0) is 14.3 Å². The van der Waals surface area contributed by atoms with Crippen molar-refractivity contribution in [2.45, 2.75) is 34.6 Å². The van der Waals surface area contributed by atoms with Gasteiger partial charge in [0.05, 0.1) is 11.4 Å². The van der Waals surface area contributed by atoms with Gasteiger partial charge in [-0.3, -0.25) is 4.79 Å². The first kappa shape index (κ1) is 24.6. The Labute approximate surface area is 187 Å². The lowest BCUT2D eigenvalue weighted by atomic mass is 10.1. The molecular formula is C23H29ClFN3O3. The minimum absolute atomic E-state index is 0.220. The zero-order valence-electron chi connectivity index (χ0n) is 18.6. The van der Waals surface area contributed by atoms with Crippen LogP contribution in [0.25, 0.3) is 11.8 Å². The molecule has 0 N–H and O–H groups in total. The third-order valence-corrected chi connectivity index (χ3v) is 4.73. The van der Waals surface area contributed by atoms with Crippen molar-refractivity contribution in [2.75, 3.05) is 19.7 Å². The summed E-state index contributed by atoms with van der Waals surface area (Å²) in [5.74, 6) is -0.585. The van der Waals surface area contributed by atoms with Crippen molar-refractivity contribution in [2.24, 2.45) is 11.8 Å². The van der Waals surface area contributed by atoms with Crippen molar-refractivity contribution >= 4 is 29.6 Å². The van der Waals surface area contributed by atoms with Crippen molar-refractivity contribution in [3.05, 3.63) is 52.6 Å². The van der Waals surface area contributed by atoms with E-state index in [4.69, 9.17) is 16.3 Å². The third kappa shape index (κ3) is 7.21. The lowest BCUT2D eigenvalue weighted by Crippen LogP contribution is -2.39. The van der Waals surface area contributed by atoms with Crippen molar-refractivity contribution in [1.82, 2.24) is 14.7 Å². The summed E-state index contributed by atoms with van der Waals surface area (Å²) < 4.78 is 19.7. The molecule has 6 nitrogen and oxygen atoms in total. The van der Waals surface area contributed by atoms with Gasteiger partial charge in [-0.05, 0) is 49.1 Å². The molecule has 168 valence electrons. The van der Waals surface area contributed by atoms with Gasteiger partial charge in [-0.1, -0.05) is 39.3 Å². The van der Waals surface area contributed by atoms with Gasteiger partial charge < -0.3 is 9.64 Å². The van der Waals surface area contributed by atoms with Crippen LogP contribution in [0.15, 0.2) is 30.3 Å². The quantitative estimate of drug-likeness (QED) is 0.412. The van der Waals surface area contributed by atoms with E-state index in [1.165, 1.54) is 29.0 Å². The van der Waals surface area contributed by atoms with E-state index in [1.54, 1.807) is 24.0 Å². The number of esters is 1. The second-order valence-electron chi connectivity index (χ2n) is 8.21. The molecule has 0 aliphatic rings. The van der Waals surface area contributed by atoms with E-state index in [1.807, 2.05) is 27.7 Å². The fraction of sp³-hybridized carbons (Fsp3) is 0.435. The summed E-state index contributed by atoms with van der Waals surface area (Å²) in [7, 11) is 0. The average molecular weight is 450 g/mol. The number of carbonyl (C=O) groups excluding carboxylic acids is 2. The number of carbonyl (C=O) groups is 2. The highest BCUT2D eigenvalue weighted by molar-refractivity contribution is 6.31. The maximum absolute atomic E-state index is 13.1. The van der Waals surface area contributed by atoms with Gasteiger partial charge in [0.1, 0.15) is 11.0 Å². The van der Waals surface area contributed by atoms with E-state index in [-0.39, 0.29) is 23.5 Å². The number of aryl methyl sites for hydroxylation is 1. The number of rotatable bonds is 9. The summed E-state index contributed by atoms with van der Waals surface area (Å²) in [6, 6.07) is 5.74. The molecule has 0 aliphatic carbocycles. The van der Waals surface area contributed by atoms with E-state index >= 15 is 0 Å². The van der Waals surface area contributed by atoms with Crippen LogP contribution in [0.5, 0.6) is 0 Å². The predicted molar refractivity (Wildman–Crippen MR) is 120 cm³/mol. The first-order valence-corrected chi connectivity index (χ1v) is 10.6. The standard InChI is InChI=1S/C23H29ClFN3O3/c1-15(2)12-27(13-16(3)4)21(29)14-31-22(30)11-10-20-17(5)26-28(23(20)24)19-8-6-18(25)7-9-19/h6-11,15-16H,12-14H2,1-5H3/b11-10+. The Hall–Kier alpha value is -2.67. The first-order valence-electron chi connectivity index (χ1n) is 10.2. The molecule has 1 aromatic heterocycles. The molecule has 0 saturated carbocycles. The predicted octanol–water partition coefficient (Wildman–Crippen LogP) is 4.67. The zero-order chi connectivity index (χ0) is 23.1. The summed E-state index contributed by atoms with van der Waals surface area (Å²) in [6.45, 7) is 10.8. The van der Waals surface area contributed by atoms with Crippen LogP contribution < -0.4 is 0 Å². The van der Waals surface area contributed by atoms with Crippen LogP contribution in [0.4, 0.5) is 4.39 Å². The second kappa shape index (κ2) is 11.1. The molecule has 0 radical (unpaired) electrons. The van der Waals surface area contributed by atoms with Crippen LogP contribution in [0, 0.1) is 24.6 Å². The summed E-state index contributed by atoms with van der Waals surface area (Å²) in [4.78, 5) is 26.3. The van der Waals surface area contributed by atoms with Crippen molar-refractivity contribution in [1.29, 1.82) is 0 Å². The fourth-order valence-corrected chi connectivity index (χ4v) is 3.37. The normalized spacial score (nSPS) is 11.5. The highest BCUT2D eigenvalue weighted by Gasteiger charge is 2.18. The van der Waals surface area contributed by atoms with Crippen LogP contribution in [0.2, 0.25) is 5.15 Å². The Balaban J connectivity index is 2.03. The maximum Gasteiger partial charge on any atom is 0.331 e. The van der Waals surface area contributed by atoms with Gasteiger partial charge in [0, 0.05) is 24.7 Å². The number of halogens is 2. The minimum Gasteiger partial charge on any atom is -0.452 e. The molecule has 0 unspecified atom stereocenters. The SMILES string of the molecule is Cc1nn(-c2ccc(F)cc2)c(Cl)c1/C=C/C(=O)OCC(=O)N(CC(C)C)CC(C)C.